The molecule has 0 aliphatic carbocycles. The topological polar surface area (TPSA) is 46.0 Å². The summed E-state index contributed by atoms with van der Waals surface area (Å²) in [6.45, 7) is 1.99. The molecule has 0 aliphatic heterocycles. The van der Waals surface area contributed by atoms with Gasteiger partial charge in [0.05, 0.1) is 11.4 Å². The fraction of sp³-hybridized carbons (Fsp3) is 0.167. The minimum Gasteiger partial charge on any atom is -0.380 e. The zero-order valence-electron chi connectivity index (χ0n) is 15.9. The quantitative estimate of drug-likeness (QED) is 0.369. The Hall–Kier alpha value is -2.69. The molecule has 0 amide bonds. The Kier molecular flexibility index (Phi) is 5.16. The van der Waals surface area contributed by atoms with Crippen molar-refractivity contribution in [2.75, 3.05) is 6.26 Å². The highest BCUT2D eigenvalue weighted by Gasteiger charge is 2.40. The normalized spacial score (nSPS) is 12.8. The second-order valence-corrected chi connectivity index (χ2v) is 7.62. The van der Waals surface area contributed by atoms with E-state index < -0.39 is 5.60 Å². The summed E-state index contributed by atoms with van der Waals surface area (Å²) in [5.74, 6) is 0.297. The zero-order chi connectivity index (χ0) is 19.6. The van der Waals surface area contributed by atoms with Gasteiger partial charge < -0.3 is 5.11 Å². The maximum Gasteiger partial charge on any atom is 0.136 e. The van der Waals surface area contributed by atoms with Crippen molar-refractivity contribution >= 4 is 22.7 Å². The molecular formula is C24H22N2OS. The van der Waals surface area contributed by atoms with Gasteiger partial charge in [0.2, 0.25) is 0 Å². The first-order chi connectivity index (χ1) is 13.6. The van der Waals surface area contributed by atoms with Gasteiger partial charge in [0.1, 0.15) is 16.5 Å². The molecule has 0 spiro atoms. The molecular weight excluding hydrogens is 364 g/mol. The molecule has 3 aromatic carbocycles. The van der Waals surface area contributed by atoms with Gasteiger partial charge in [-0.3, -0.25) is 0 Å². The molecule has 0 aliphatic rings. The predicted octanol–water partition coefficient (Wildman–Crippen LogP) is 5.39. The van der Waals surface area contributed by atoms with Crippen LogP contribution in [0.4, 0.5) is 0 Å². The third kappa shape index (κ3) is 3.19. The molecule has 0 bridgehead atoms. The first kappa shape index (κ1) is 18.7. The van der Waals surface area contributed by atoms with Crippen molar-refractivity contribution in [1.82, 2.24) is 9.97 Å². The van der Waals surface area contributed by atoms with Gasteiger partial charge in [0.15, 0.2) is 0 Å². The molecule has 1 unspecified atom stereocenters. The maximum atomic E-state index is 12.0. The van der Waals surface area contributed by atoms with Gasteiger partial charge in [-0.15, -0.1) is 11.8 Å². The lowest BCUT2D eigenvalue weighted by atomic mass is 9.76. The van der Waals surface area contributed by atoms with Crippen LogP contribution in [0.2, 0.25) is 0 Å². The van der Waals surface area contributed by atoms with E-state index in [4.69, 9.17) is 9.97 Å². The molecule has 4 rings (SSSR count). The molecule has 4 aromatic rings. The highest BCUT2D eigenvalue weighted by molar-refractivity contribution is 7.98. The number of aromatic nitrogens is 2. The molecule has 1 N–H and O–H groups in total. The zero-order valence-corrected chi connectivity index (χ0v) is 16.7. The average molecular weight is 387 g/mol. The van der Waals surface area contributed by atoms with E-state index in [0.29, 0.717) is 5.82 Å². The number of nitrogens with zero attached hydrogens (tertiary/aromatic N) is 2. The standard InChI is InChI=1S/C24H22N2OS/c1-17(22-25-21-16-10-9-15-20(21)23(26-22)28-2)24(27,18-11-5-3-6-12-18)19-13-7-4-8-14-19/h3-17,27H,1-2H3. The van der Waals surface area contributed by atoms with Crippen LogP contribution in [0.15, 0.2) is 90.0 Å². The van der Waals surface area contributed by atoms with E-state index in [0.717, 1.165) is 27.1 Å². The Labute approximate surface area is 169 Å². The minimum absolute atomic E-state index is 0.340. The molecule has 4 heteroatoms. The molecule has 0 saturated heterocycles. The molecule has 1 atom stereocenters. The van der Waals surface area contributed by atoms with Crippen LogP contribution in [-0.4, -0.2) is 21.3 Å². The van der Waals surface area contributed by atoms with E-state index in [2.05, 4.69) is 0 Å². The van der Waals surface area contributed by atoms with Crippen LogP contribution < -0.4 is 0 Å². The van der Waals surface area contributed by atoms with Gasteiger partial charge in [-0.1, -0.05) is 85.8 Å². The SMILES string of the molecule is CSc1nc(C(C)C(O)(c2ccccc2)c2ccccc2)nc2ccccc12. The largest absolute Gasteiger partial charge is 0.380 e. The van der Waals surface area contributed by atoms with Crippen molar-refractivity contribution in [3.63, 3.8) is 0 Å². The van der Waals surface area contributed by atoms with Crippen molar-refractivity contribution in [2.45, 2.75) is 23.5 Å². The number of para-hydroxylation sites is 1. The molecule has 28 heavy (non-hydrogen) atoms. The summed E-state index contributed by atoms with van der Waals surface area (Å²) < 4.78 is 0. The van der Waals surface area contributed by atoms with E-state index >= 15 is 0 Å². The third-order valence-corrected chi connectivity index (χ3v) is 5.92. The number of benzene rings is 3. The van der Waals surface area contributed by atoms with E-state index in [1.165, 1.54) is 0 Å². The van der Waals surface area contributed by atoms with Gasteiger partial charge >= 0.3 is 0 Å². The summed E-state index contributed by atoms with van der Waals surface area (Å²) in [6, 6.07) is 27.6. The molecule has 1 aromatic heterocycles. The lowest BCUT2D eigenvalue weighted by Crippen LogP contribution is -2.34. The van der Waals surface area contributed by atoms with E-state index in [9.17, 15) is 5.11 Å². The lowest BCUT2D eigenvalue weighted by Gasteiger charge is -2.34. The van der Waals surface area contributed by atoms with Crippen molar-refractivity contribution in [2.24, 2.45) is 0 Å². The number of thioether (sulfide) groups is 1. The van der Waals surface area contributed by atoms with Crippen LogP contribution >= 0.6 is 11.8 Å². The number of rotatable bonds is 5. The number of hydrogen-bond acceptors (Lipinski definition) is 4. The Morgan fingerprint density at radius 3 is 1.89 bits per heavy atom. The summed E-state index contributed by atoms with van der Waals surface area (Å²) >= 11 is 1.60. The molecule has 1 heterocycles. The molecule has 3 nitrogen and oxygen atoms in total. The first-order valence-electron chi connectivity index (χ1n) is 9.28. The highest BCUT2D eigenvalue weighted by atomic mass is 32.2. The van der Waals surface area contributed by atoms with Crippen LogP contribution in [0.3, 0.4) is 0 Å². The molecule has 0 saturated carbocycles. The minimum atomic E-state index is -1.24. The van der Waals surface area contributed by atoms with Crippen LogP contribution in [0.25, 0.3) is 10.9 Å². The van der Waals surface area contributed by atoms with Crippen molar-refractivity contribution < 1.29 is 5.11 Å². The summed E-state index contributed by atoms with van der Waals surface area (Å²) in [4.78, 5) is 9.64. The second kappa shape index (κ2) is 7.74. The molecule has 140 valence electrons. The van der Waals surface area contributed by atoms with Crippen LogP contribution in [0.1, 0.15) is 29.8 Å². The smallest absolute Gasteiger partial charge is 0.136 e. The van der Waals surface area contributed by atoms with Crippen molar-refractivity contribution in [3.8, 4) is 0 Å². The highest BCUT2D eigenvalue weighted by Crippen LogP contribution is 2.42. The van der Waals surface area contributed by atoms with E-state index in [1.807, 2.05) is 98.1 Å². The van der Waals surface area contributed by atoms with Gasteiger partial charge in [0.25, 0.3) is 0 Å². The summed E-state index contributed by atoms with van der Waals surface area (Å²) in [5, 5.41) is 14.0. The van der Waals surface area contributed by atoms with E-state index in [1.54, 1.807) is 11.8 Å². The Morgan fingerprint density at radius 1 is 0.786 bits per heavy atom. The lowest BCUT2D eigenvalue weighted by molar-refractivity contribution is 0.0525. The monoisotopic (exact) mass is 386 g/mol. The Bertz CT molecular complexity index is 1040. The maximum absolute atomic E-state index is 12.0. The van der Waals surface area contributed by atoms with Crippen LogP contribution in [0, 0.1) is 0 Å². The van der Waals surface area contributed by atoms with Gasteiger partial charge in [-0.05, 0) is 23.4 Å². The Morgan fingerprint density at radius 2 is 1.32 bits per heavy atom. The third-order valence-electron chi connectivity index (χ3n) is 5.22. The van der Waals surface area contributed by atoms with Gasteiger partial charge in [-0.2, -0.15) is 0 Å². The average Bonchev–Trinajstić information content (AvgIpc) is 2.78. The molecule has 0 radical (unpaired) electrons. The predicted molar refractivity (Wildman–Crippen MR) is 116 cm³/mol. The van der Waals surface area contributed by atoms with Crippen molar-refractivity contribution in [3.05, 3.63) is 102 Å². The van der Waals surface area contributed by atoms with Crippen LogP contribution in [-0.2, 0) is 5.60 Å². The van der Waals surface area contributed by atoms with E-state index in [-0.39, 0.29) is 5.92 Å². The van der Waals surface area contributed by atoms with Crippen LogP contribution in [0.5, 0.6) is 0 Å². The van der Waals surface area contributed by atoms with Crippen molar-refractivity contribution in [1.29, 1.82) is 0 Å². The van der Waals surface area contributed by atoms with Gasteiger partial charge in [0, 0.05) is 5.39 Å². The number of fused-ring (bicyclic) bond motifs is 1. The first-order valence-corrected chi connectivity index (χ1v) is 10.5. The fourth-order valence-corrected chi connectivity index (χ4v) is 4.23. The summed E-state index contributed by atoms with van der Waals surface area (Å²) in [7, 11) is 0. The Balaban J connectivity index is 1.92. The molecule has 0 fully saturated rings. The number of hydrogen-bond donors (Lipinski definition) is 1. The summed E-state index contributed by atoms with van der Waals surface area (Å²) in [5.41, 5.74) is 1.32. The second-order valence-electron chi connectivity index (χ2n) is 6.83. The van der Waals surface area contributed by atoms with Gasteiger partial charge in [-0.25, -0.2) is 9.97 Å². The summed E-state index contributed by atoms with van der Waals surface area (Å²) in [6.07, 6.45) is 2.02. The fourth-order valence-electron chi connectivity index (χ4n) is 3.65. The number of aliphatic hydroxyl groups is 1.